The molecule has 2 atom stereocenters. The van der Waals surface area contributed by atoms with Crippen molar-refractivity contribution in [3.05, 3.63) is 95.7 Å². The van der Waals surface area contributed by atoms with Crippen LogP contribution in [0.25, 0.3) is 26.9 Å². The van der Waals surface area contributed by atoms with Gasteiger partial charge in [0.05, 0.1) is 12.1 Å². The standard InChI is InChI=1S/C29H27N5O/c1-19-13-23(30)18-34(17-19)28-11-12-32-16-22(28)15-29(35)26-10-9-20-7-8-21(14-27(20)33-26)24-5-3-4-6-25(24)31-2/h3-12,14,16,19,23H,13,15,17-18,30H2,1H3/t19-,23+/m1/s1. The monoisotopic (exact) mass is 461 g/mol. The maximum Gasteiger partial charge on any atom is 0.194 e. The number of piperidine rings is 1. The van der Waals surface area contributed by atoms with Crippen molar-refractivity contribution in [1.29, 1.82) is 0 Å². The number of rotatable bonds is 5. The van der Waals surface area contributed by atoms with E-state index in [4.69, 9.17) is 17.3 Å². The summed E-state index contributed by atoms with van der Waals surface area (Å²) >= 11 is 0. The molecule has 1 aliphatic heterocycles. The number of nitrogens with two attached hydrogens (primary N) is 1. The zero-order valence-electron chi connectivity index (χ0n) is 19.7. The number of Topliss-reactive ketones (excluding diaryl/α,β-unsaturated/α-hetero) is 1. The molecule has 35 heavy (non-hydrogen) atoms. The molecule has 174 valence electrons. The van der Waals surface area contributed by atoms with Crippen molar-refractivity contribution in [2.24, 2.45) is 11.7 Å². The molecule has 3 heterocycles. The van der Waals surface area contributed by atoms with Crippen molar-refractivity contribution in [3.63, 3.8) is 0 Å². The molecule has 0 aliphatic carbocycles. The second-order valence-electron chi connectivity index (χ2n) is 9.34. The average molecular weight is 462 g/mol. The third-order valence-electron chi connectivity index (χ3n) is 6.57. The number of aromatic nitrogens is 2. The number of carbonyl (C=O) groups excluding carboxylic acids is 1. The highest BCUT2D eigenvalue weighted by molar-refractivity contribution is 5.99. The van der Waals surface area contributed by atoms with Crippen molar-refractivity contribution in [2.45, 2.75) is 25.8 Å². The summed E-state index contributed by atoms with van der Waals surface area (Å²) in [6.07, 6.45) is 4.78. The molecule has 1 saturated heterocycles. The van der Waals surface area contributed by atoms with Gasteiger partial charge < -0.3 is 10.6 Å². The van der Waals surface area contributed by atoms with Gasteiger partial charge in [-0.3, -0.25) is 9.78 Å². The minimum Gasteiger partial charge on any atom is -0.369 e. The Kier molecular flexibility index (Phi) is 6.26. The van der Waals surface area contributed by atoms with E-state index >= 15 is 0 Å². The van der Waals surface area contributed by atoms with Crippen LogP contribution in [0.4, 0.5) is 11.4 Å². The van der Waals surface area contributed by atoms with Crippen LogP contribution >= 0.6 is 0 Å². The number of nitrogens with zero attached hydrogens (tertiary/aromatic N) is 4. The number of fused-ring (bicyclic) bond motifs is 1. The summed E-state index contributed by atoms with van der Waals surface area (Å²) in [7, 11) is 0. The number of hydrogen-bond donors (Lipinski definition) is 1. The fraction of sp³-hybridized carbons (Fsp3) is 0.241. The van der Waals surface area contributed by atoms with Crippen LogP contribution < -0.4 is 10.6 Å². The molecule has 4 aromatic rings. The molecule has 2 aromatic carbocycles. The summed E-state index contributed by atoms with van der Waals surface area (Å²) in [5, 5.41) is 0.948. The number of pyridine rings is 2. The normalized spacial score (nSPS) is 17.8. The third kappa shape index (κ3) is 4.77. The molecular formula is C29H27N5O. The predicted octanol–water partition coefficient (Wildman–Crippen LogP) is 5.45. The first-order chi connectivity index (χ1) is 17.0. The number of para-hydroxylation sites is 1. The van der Waals surface area contributed by atoms with Crippen molar-refractivity contribution in [2.75, 3.05) is 18.0 Å². The molecule has 0 radical (unpaired) electrons. The second kappa shape index (κ2) is 9.65. The van der Waals surface area contributed by atoms with Gasteiger partial charge in [0.1, 0.15) is 5.69 Å². The van der Waals surface area contributed by atoms with Gasteiger partial charge in [-0.1, -0.05) is 49.4 Å². The van der Waals surface area contributed by atoms with Gasteiger partial charge in [0.25, 0.3) is 0 Å². The molecule has 6 heteroatoms. The van der Waals surface area contributed by atoms with E-state index in [1.807, 2.05) is 48.5 Å². The number of carbonyl (C=O) groups is 1. The van der Waals surface area contributed by atoms with E-state index in [9.17, 15) is 4.79 Å². The average Bonchev–Trinajstić information content (AvgIpc) is 2.87. The van der Waals surface area contributed by atoms with Crippen molar-refractivity contribution < 1.29 is 4.79 Å². The smallest absolute Gasteiger partial charge is 0.194 e. The first-order valence-corrected chi connectivity index (χ1v) is 11.9. The van der Waals surface area contributed by atoms with Gasteiger partial charge in [0, 0.05) is 54.6 Å². The quantitative estimate of drug-likeness (QED) is 0.316. The van der Waals surface area contributed by atoms with E-state index in [1.54, 1.807) is 24.5 Å². The number of benzene rings is 2. The first kappa shape index (κ1) is 22.7. The summed E-state index contributed by atoms with van der Waals surface area (Å²) in [4.78, 5) is 28.2. The number of hydrogen-bond acceptors (Lipinski definition) is 5. The molecule has 0 saturated carbocycles. The van der Waals surface area contributed by atoms with Crippen LogP contribution in [0.5, 0.6) is 0 Å². The van der Waals surface area contributed by atoms with Crippen LogP contribution in [0.15, 0.2) is 73.1 Å². The van der Waals surface area contributed by atoms with Gasteiger partial charge >= 0.3 is 0 Å². The van der Waals surface area contributed by atoms with Crippen LogP contribution in [0.2, 0.25) is 0 Å². The van der Waals surface area contributed by atoms with E-state index in [1.165, 1.54) is 0 Å². The van der Waals surface area contributed by atoms with E-state index in [0.29, 0.717) is 17.3 Å². The lowest BCUT2D eigenvalue weighted by Crippen LogP contribution is -2.46. The van der Waals surface area contributed by atoms with E-state index in [2.05, 4.69) is 21.7 Å². The maximum atomic E-state index is 13.3. The SMILES string of the molecule is [C-]#[N+]c1ccccc1-c1ccc2ccc(C(=O)Cc3cnccc3N3C[C@H](C)C[C@H](N)C3)nc2c1. The van der Waals surface area contributed by atoms with Crippen LogP contribution in [-0.2, 0) is 6.42 Å². The largest absolute Gasteiger partial charge is 0.369 e. The minimum absolute atomic E-state index is 0.0533. The summed E-state index contributed by atoms with van der Waals surface area (Å²) in [6.45, 7) is 11.4. The summed E-state index contributed by atoms with van der Waals surface area (Å²) < 4.78 is 0. The Morgan fingerprint density at radius 1 is 1.14 bits per heavy atom. The van der Waals surface area contributed by atoms with Gasteiger partial charge in [0.15, 0.2) is 11.5 Å². The fourth-order valence-electron chi connectivity index (χ4n) is 4.98. The molecule has 2 N–H and O–H groups in total. The topological polar surface area (TPSA) is 76.5 Å². The first-order valence-electron chi connectivity index (χ1n) is 11.9. The Balaban J connectivity index is 1.44. The number of ketones is 1. The predicted molar refractivity (Wildman–Crippen MR) is 140 cm³/mol. The van der Waals surface area contributed by atoms with Crippen LogP contribution in [-0.4, -0.2) is 34.9 Å². The second-order valence-corrected chi connectivity index (χ2v) is 9.34. The zero-order chi connectivity index (χ0) is 24.4. The molecule has 1 fully saturated rings. The Labute approximate surface area is 205 Å². The van der Waals surface area contributed by atoms with E-state index in [0.717, 1.165) is 52.8 Å². The van der Waals surface area contributed by atoms with Gasteiger partial charge in [-0.15, -0.1) is 0 Å². The molecule has 0 unspecified atom stereocenters. The Morgan fingerprint density at radius 2 is 1.97 bits per heavy atom. The third-order valence-corrected chi connectivity index (χ3v) is 6.57. The lowest BCUT2D eigenvalue weighted by Gasteiger charge is -2.37. The molecule has 2 aromatic heterocycles. The fourth-order valence-corrected chi connectivity index (χ4v) is 4.98. The number of anilines is 1. The van der Waals surface area contributed by atoms with Gasteiger partial charge in [-0.05, 0) is 41.7 Å². The van der Waals surface area contributed by atoms with Crippen molar-refractivity contribution in [1.82, 2.24) is 9.97 Å². The molecule has 0 spiro atoms. The van der Waals surface area contributed by atoms with Crippen LogP contribution in [0, 0.1) is 12.5 Å². The highest BCUT2D eigenvalue weighted by Gasteiger charge is 2.24. The van der Waals surface area contributed by atoms with Crippen molar-refractivity contribution in [3.8, 4) is 11.1 Å². The Bertz CT molecular complexity index is 1430. The Morgan fingerprint density at radius 3 is 2.80 bits per heavy atom. The zero-order valence-corrected chi connectivity index (χ0v) is 19.7. The van der Waals surface area contributed by atoms with Gasteiger partial charge in [0.2, 0.25) is 0 Å². The highest BCUT2D eigenvalue weighted by Crippen LogP contribution is 2.32. The highest BCUT2D eigenvalue weighted by atomic mass is 16.1. The van der Waals surface area contributed by atoms with E-state index in [-0.39, 0.29) is 18.2 Å². The van der Waals surface area contributed by atoms with Crippen LogP contribution in [0.3, 0.4) is 0 Å². The lowest BCUT2D eigenvalue weighted by atomic mass is 9.95. The van der Waals surface area contributed by atoms with Crippen molar-refractivity contribution >= 4 is 28.1 Å². The van der Waals surface area contributed by atoms with Crippen LogP contribution in [0.1, 0.15) is 29.4 Å². The molecule has 1 aliphatic rings. The minimum atomic E-state index is -0.0533. The summed E-state index contributed by atoms with van der Waals surface area (Å²) in [6, 6.07) is 19.2. The lowest BCUT2D eigenvalue weighted by molar-refractivity contribution is 0.0988. The molecular weight excluding hydrogens is 434 g/mol. The van der Waals surface area contributed by atoms with E-state index < -0.39 is 0 Å². The maximum absolute atomic E-state index is 13.3. The summed E-state index contributed by atoms with van der Waals surface area (Å²) in [5.41, 5.74) is 11.7. The summed E-state index contributed by atoms with van der Waals surface area (Å²) in [5.74, 6) is 0.447. The molecule has 6 nitrogen and oxygen atoms in total. The molecule has 0 amide bonds. The van der Waals surface area contributed by atoms with Gasteiger partial charge in [-0.25, -0.2) is 9.83 Å². The molecule has 5 rings (SSSR count). The molecule has 0 bridgehead atoms. The Hall–Kier alpha value is -4.08. The van der Waals surface area contributed by atoms with Gasteiger partial charge in [-0.2, -0.15) is 0 Å².